The fourth-order valence-electron chi connectivity index (χ4n) is 2.41. The van der Waals surface area contributed by atoms with Gasteiger partial charge in [-0.25, -0.2) is 0 Å². The van der Waals surface area contributed by atoms with Crippen molar-refractivity contribution in [1.29, 1.82) is 0 Å². The summed E-state index contributed by atoms with van der Waals surface area (Å²) in [5.41, 5.74) is 7.93. The van der Waals surface area contributed by atoms with E-state index in [4.69, 9.17) is 5.73 Å². The predicted molar refractivity (Wildman–Crippen MR) is 82.8 cm³/mol. The summed E-state index contributed by atoms with van der Waals surface area (Å²) in [5, 5.41) is 0. The molecule has 0 spiro atoms. The van der Waals surface area contributed by atoms with Crippen molar-refractivity contribution in [3.63, 3.8) is 0 Å². The molecule has 5 heteroatoms. The number of para-hydroxylation sites is 2. The summed E-state index contributed by atoms with van der Waals surface area (Å²) >= 11 is 0. The second-order valence-corrected chi connectivity index (χ2v) is 5.23. The largest absolute Gasteiger partial charge is 0.397 e. The third-order valence-electron chi connectivity index (χ3n) is 3.91. The second-order valence-electron chi connectivity index (χ2n) is 5.23. The van der Waals surface area contributed by atoms with Gasteiger partial charge >= 0.3 is 0 Å². The van der Waals surface area contributed by atoms with Crippen LogP contribution >= 0.6 is 0 Å². The zero-order chi connectivity index (χ0) is 14.5. The van der Waals surface area contributed by atoms with Crippen LogP contribution in [0.1, 0.15) is 6.92 Å². The number of amides is 1. The number of nitrogens with two attached hydrogens (primary N) is 1. The summed E-state index contributed by atoms with van der Waals surface area (Å²) in [6, 6.07) is 7.95. The molecule has 1 heterocycles. The van der Waals surface area contributed by atoms with E-state index in [9.17, 15) is 4.79 Å². The summed E-state index contributed by atoms with van der Waals surface area (Å²) in [5.74, 6) is 0.195. The fraction of sp³-hybridized carbons (Fsp3) is 0.533. The van der Waals surface area contributed by atoms with Crippen molar-refractivity contribution in [2.45, 2.75) is 6.92 Å². The Bertz CT molecular complexity index is 455. The highest BCUT2D eigenvalue weighted by Gasteiger charge is 2.21. The van der Waals surface area contributed by atoms with E-state index in [0.717, 1.165) is 44.1 Å². The SMILES string of the molecule is CCN(C)C(=O)CN1CCN(c2ccccc2N)CC1. The Kier molecular flexibility index (Phi) is 4.84. The minimum Gasteiger partial charge on any atom is -0.397 e. The topological polar surface area (TPSA) is 52.8 Å². The van der Waals surface area contributed by atoms with Gasteiger partial charge in [0.15, 0.2) is 0 Å². The summed E-state index contributed by atoms with van der Waals surface area (Å²) in [4.78, 5) is 18.2. The number of anilines is 2. The second kappa shape index (κ2) is 6.61. The molecule has 1 amide bonds. The lowest BCUT2D eigenvalue weighted by atomic mass is 10.2. The predicted octanol–water partition coefficient (Wildman–Crippen LogP) is 0.869. The van der Waals surface area contributed by atoms with Gasteiger partial charge in [-0.1, -0.05) is 12.1 Å². The molecule has 1 aliphatic rings. The maximum atomic E-state index is 11.9. The molecule has 0 unspecified atom stereocenters. The lowest BCUT2D eigenvalue weighted by molar-refractivity contribution is -0.131. The molecule has 1 aliphatic heterocycles. The number of piperazine rings is 1. The highest BCUT2D eigenvalue weighted by atomic mass is 16.2. The van der Waals surface area contributed by atoms with Gasteiger partial charge in [-0.15, -0.1) is 0 Å². The van der Waals surface area contributed by atoms with Crippen molar-refractivity contribution in [1.82, 2.24) is 9.80 Å². The highest BCUT2D eigenvalue weighted by molar-refractivity contribution is 5.78. The Morgan fingerprint density at radius 2 is 1.90 bits per heavy atom. The van der Waals surface area contributed by atoms with Crippen molar-refractivity contribution >= 4 is 17.3 Å². The third kappa shape index (κ3) is 3.42. The molecule has 1 saturated heterocycles. The Hall–Kier alpha value is -1.75. The van der Waals surface area contributed by atoms with Crippen LogP contribution < -0.4 is 10.6 Å². The molecule has 0 aromatic heterocycles. The molecule has 1 fully saturated rings. The quantitative estimate of drug-likeness (QED) is 0.829. The van der Waals surface area contributed by atoms with Crippen molar-refractivity contribution < 1.29 is 4.79 Å². The van der Waals surface area contributed by atoms with E-state index in [2.05, 4.69) is 15.9 Å². The first-order chi connectivity index (χ1) is 9.61. The molecular weight excluding hydrogens is 252 g/mol. The molecule has 1 aromatic rings. The zero-order valence-electron chi connectivity index (χ0n) is 12.4. The first-order valence-electron chi connectivity index (χ1n) is 7.17. The Morgan fingerprint density at radius 3 is 2.50 bits per heavy atom. The normalized spacial score (nSPS) is 16.2. The number of nitrogens with zero attached hydrogens (tertiary/aromatic N) is 3. The summed E-state index contributed by atoms with van der Waals surface area (Å²) in [7, 11) is 1.85. The molecular formula is C15H24N4O. The maximum absolute atomic E-state index is 11.9. The number of benzene rings is 1. The van der Waals surface area contributed by atoms with Crippen molar-refractivity contribution in [3.05, 3.63) is 24.3 Å². The lowest BCUT2D eigenvalue weighted by Gasteiger charge is -2.36. The van der Waals surface area contributed by atoms with Crippen LogP contribution in [0.4, 0.5) is 11.4 Å². The summed E-state index contributed by atoms with van der Waals surface area (Å²) < 4.78 is 0. The average molecular weight is 276 g/mol. The minimum atomic E-state index is 0.195. The molecule has 1 aromatic carbocycles. The van der Waals surface area contributed by atoms with E-state index in [0.29, 0.717) is 6.54 Å². The zero-order valence-corrected chi connectivity index (χ0v) is 12.4. The summed E-state index contributed by atoms with van der Waals surface area (Å²) in [6.07, 6.45) is 0. The third-order valence-corrected chi connectivity index (χ3v) is 3.91. The standard InChI is InChI=1S/C15H24N4O/c1-3-17(2)15(20)12-18-8-10-19(11-9-18)14-7-5-4-6-13(14)16/h4-7H,3,8-12,16H2,1-2H3. The van der Waals surface area contributed by atoms with Crippen LogP contribution in [0.2, 0.25) is 0 Å². The van der Waals surface area contributed by atoms with Crippen LogP contribution in [0.15, 0.2) is 24.3 Å². The van der Waals surface area contributed by atoms with Crippen LogP contribution in [0.3, 0.4) is 0 Å². The van der Waals surface area contributed by atoms with Crippen LogP contribution in [-0.4, -0.2) is 62.0 Å². The van der Waals surface area contributed by atoms with E-state index in [-0.39, 0.29) is 5.91 Å². The van der Waals surface area contributed by atoms with Gasteiger partial charge in [0.2, 0.25) is 5.91 Å². The van der Waals surface area contributed by atoms with Gasteiger partial charge in [0.05, 0.1) is 17.9 Å². The van der Waals surface area contributed by atoms with E-state index in [1.807, 2.05) is 32.2 Å². The lowest BCUT2D eigenvalue weighted by Crippen LogP contribution is -2.49. The first kappa shape index (κ1) is 14.7. The smallest absolute Gasteiger partial charge is 0.236 e. The van der Waals surface area contributed by atoms with E-state index >= 15 is 0 Å². The number of hydrogen-bond acceptors (Lipinski definition) is 4. The van der Waals surface area contributed by atoms with Crippen LogP contribution in [0.25, 0.3) is 0 Å². The Balaban J connectivity index is 1.87. The average Bonchev–Trinajstić information content (AvgIpc) is 2.48. The maximum Gasteiger partial charge on any atom is 0.236 e. The molecule has 20 heavy (non-hydrogen) atoms. The van der Waals surface area contributed by atoms with E-state index in [1.165, 1.54) is 0 Å². The number of rotatable bonds is 4. The summed E-state index contributed by atoms with van der Waals surface area (Å²) in [6.45, 7) is 6.90. The number of carbonyl (C=O) groups is 1. The molecule has 2 rings (SSSR count). The van der Waals surface area contributed by atoms with Gasteiger partial charge in [0.25, 0.3) is 0 Å². The van der Waals surface area contributed by atoms with Gasteiger partial charge in [0, 0.05) is 39.8 Å². The number of likely N-dealkylation sites (N-methyl/N-ethyl adjacent to an activating group) is 1. The monoisotopic (exact) mass is 276 g/mol. The van der Waals surface area contributed by atoms with Gasteiger partial charge in [-0.3, -0.25) is 9.69 Å². The first-order valence-corrected chi connectivity index (χ1v) is 7.17. The van der Waals surface area contributed by atoms with Gasteiger partial charge in [-0.2, -0.15) is 0 Å². The number of carbonyl (C=O) groups excluding carboxylic acids is 1. The molecule has 0 saturated carbocycles. The molecule has 5 nitrogen and oxygen atoms in total. The highest BCUT2D eigenvalue weighted by Crippen LogP contribution is 2.23. The van der Waals surface area contributed by atoms with Crippen molar-refractivity contribution in [2.24, 2.45) is 0 Å². The van der Waals surface area contributed by atoms with Crippen molar-refractivity contribution in [2.75, 3.05) is 56.9 Å². The van der Waals surface area contributed by atoms with Gasteiger partial charge in [-0.05, 0) is 19.1 Å². The minimum absolute atomic E-state index is 0.195. The molecule has 110 valence electrons. The van der Waals surface area contributed by atoms with Crippen LogP contribution in [0.5, 0.6) is 0 Å². The van der Waals surface area contributed by atoms with Gasteiger partial charge < -0.3 is 15.5 Å². The number of hydrogen-bond donors (Lipinski definition) is 1. The van der Waals surface area contributed by atoms with Crippen LogP contribution in [0, 0.1) is 0 Å². The Morgan fingerprint density at radius 1 is 1.25 bits per heavy atom. The molecule has 0 atom stereocenters. The van der Waals surface area contributed by atoms with E-state index in [1.54, 1.807) is 4.90 Å². The molecule has 0 aliphatic carbocycles. The van der Waals surface area contributed by atoms with Crippen LogP contribution in [-0.2, 0) is 4.79 Å². The van der Waals surface area contributed by atoms with Gasteiger partial charge in [0.1, 0.15) is 0 Å². The molecule has 2 N–H and O–H groups in total. The van der Waals surface area contributed by atoms with Crippen molar-refractivity contribution in [3.8, 4) is 0 Å². The Labute approximate surface area is 120 Å². The molecule has 0 radical (unpaired) electrons. The number of nitrogen functional groups attached to an aromatic ring is 1. The molecule has 0 bridgehead atoms. The fourth-order valence-corrected chi connectivity index (χ4v) is 2.41. The van der Waals surface area contributed by atoms with E-state index < -0.39 is 0 Å².